The van der Waals surface area contributed by atoms with E-state index >= 15 is 0 Å². The first-order valence-electron chi connectivity index (χ1n) is 6.51. The number of hydrazine groups is 1. The van der Waals surface area contributed by atoms with Crippen LogP contribution in [0.4, 0.5) is 8.78 Å². The second-order valence-electron chi connectivity index (χ2n) is 5.13. The summed E-state index contributed by atoms with van der Waals surface area (Å²) >= 11 is 0. The zero-order valence-corrected chi connectivity index (χ0v) is 12.3. The molecule has 1 aromatic rings. The Labute approximate surface area is 125 Å². The summed E-state index contributed by atoms with van der Waals surface area (Å²) in [6, 6.07) is 2.28. The van der Waals surface area contributed by atoms with Crippen LogP contribution in [-0.2, 0) is 14.6 Å². The lowest BCUT2D eigenvalue weighted by Gasteiger charge is -2.10. The van der Waals surface area contributed by atoms with Gasteiger partial charge in [-0.15, -0.1) is 0 Å². The summed E-state index contributed by atoms with van der Waals surface area (Å²) in [5.74, 6) is -3.53. The molecular weight excluding hydrogens is 318 g/mol. The molecule has 0 unspecified atom stereocenters. The van der Waals surface area contributed by atoms with Gasteiger partial charge in [0.15, 0.2) is 9.84 Å². The molecule has 2 N–H and O–H groups in total. The Bertz CT molecular complexity index is 686. The highest BCUT2D eigenvalue weighted by molar-refractivity contribution is 7.91. The quantitative estimate of drug-likeness (QED) is 0.791. The molecule has 1 heterocycles. The summed E-state index contributed by atoms with van der Waals surface area (Å²) in [5, 5.41) is 0. The van der Waals surface area contributed by atoms with Crippen LogP contribution in [0.25, 0.3) is 0 Å². The van der Waals surface area contributed by atoms with Crippen molar-refractivity contribution in [3.63, 3.8) is 0 Å². The molecule has 0 aromatic heterocycles. The van der Waals surface area contributed by atoms with Gasteiger partial charge in [-0.2, -0.15) is 0 Å². The van der Waals surface area contributed by atoms with Gasteiger partial charge >= 0.3 is 0 Å². The minimum atomic E-state index is -3.08. The van der Waals surface area contributed by atoms with Gasteiger partial charge in [-0.25, -0.2) is 17.2 Å². The lowest BCUT2D eigenvalue weighted by Crippen LogP contribution is -2.42. The number of hydrogen-bond donors (Lipinski definition) is 2. The number of benzene rings is 1. The molecule has 6 nitrogen and oxygen atoms in total. The van der Waals surface area contributed by atoms with Crippen LogP contribution in [0.5, 0.6) is 0 Å². The minimum Gasteiger partial charge on any atom is -0.273 e. The number of hydrogen-bond acceptors (Lipinski definition) is 4. The molecular formula is C13H14F2N2O4S. The molecule has 0 bridgehead atoms. The first-order valence-corrected chi connectivity index (χ1v) is 8.33. The van der Waals surface area contributed by atoms with Crippen LogP contribution < -0.4 is 10.9 Å². The van der Waals surface area contributed by atoms with Gasteiger partial charge in [0.25, 0.3) is 5.91 Å². The molecule has 1 saturated heterocycles. The molecule has 0 radical (unpaired) electrons. The number of carbonyl (C=O) groups excluding carboxylic acids is 2. The van der Waals surface area contributed by atoms with Crippen LogP contribution >= 0.6 is 0 Å². The average Bonchev–Trinajstić information content (AvgIpc) is 2.74. The van der Waals surface area contributed by atoms with Gasteiger partial charge in [0.2, 0.25) is 5.91 Å². The van der Waals surface area contributed by atoms with Gasteiger partial charge in [0, 0.05) is 18.1 Å². The second-order valence-corrected chi connectivity index (χ2v) is 7.36. The molecule has 1 aliphatic rings. The topological polar surface area (TPSA) is 92.3 Å². The predicted molar refractivity (Wildman–Crippen MR) is 73.3 cm³/mol. The standard InChI is InChI=1S/C13H14F2N2O4S/c14-10-4-9(5-11(15)6-10)13(19)17-16-12(18)3-8-1-2-22(20,21)7-8/h4-6,8H,1-3,7H2,(H,16,18)(H,17,19)/t8-/m0/s1. The number of sulfone groups is 1. The molecule has 1 aliphatic heterocycles. The number of rotatable bonds is 3. The Morgan fingerprint density at radius 1 is 1.14 bits per heavy atom. The molecule has 2 amide bonds. The zero-order chi connectivity index (χ0) is 16.3. The summed E-state index contributed by atoms with van der Waals surface area (Å²) in [6.07, 6.45) is 0.357. The third-order valence-corrected chi connectivity index (χ3v) is 5.08. The second kappa shape index (κ2) is 6.39. The SMILES string of the molecule is O=C(C[C@@H]1CCS(=O)(=O)C1)NNC(=O)c1cc(F)cc(F)c1. The summed E-state index contributed by atoms with van der Waals surface area (Å²) in [4.78, 5) is 23.2. The van der Waals surface area contributed by atoms with E-state index in [2.05, 4.69) is 5.43 Å². The first-order chi connectivity index (χ1) is 10.2. The summed E-state index contributed by atoms with van der Waals surface area (Å²) in [5.41, 5.74) is 3.85. The van der Waals surface area contributed by atoms with E-state index in [0.29, 0.717) is 12.5 Å². The smallest absolute Gasteiger partial charge is 0.269 e. The van der Waals surface area contributed by atoms with Crippen molar-refractivity contribution in [2.75, 3.05) is 11.5 Å². The third kappa shape index (κ3) is 4.48. The van der Waals surface area contributed by atoms with Crippen LogP contribution in [0.1, 0.15) is 23.2 Å². The van der Waals surface area contributed by atoms with Crippen LogP contribution in [-0.4, -0.2) is 31.7 Å². The maximum atomic E-state index is 13.0. The van der Waals surface area contributed by atoms with E-state index in [4.69, 9.17) is 0 Å². The Kier molecular flexibility index (Phi) is 4.74. The van der Waals surface area contributed by atoms with Crippen LogP contribution in [0.15, 0.2) is 18.2 Å². The monoisotopic (exact) mass is 332 g/mol. The third-order valence-electron chi connectivity index (χ3n) is 3.24. The van der Waals surface area contributed by atoms with Crippen LogP contribution in [0.2, 0.25) is 0 Å². The fraction of sp³-hybridized carbons (Fsp3) is 0.385. The van der Waals surface area contributed by atoms with E-state index < -0.39 is 33.3 Å². The van der Waals surface area contributed by atoms with Crippen molar-refractivity contribution in [2.24, 2.45) is 5.92 Å². The van der Waals surface area contributed by atoms with E-state index in [0.717, 1.165) is 12.1 Å². The summed E-state index contributed by atoms with van der Waals surface area (Å²) < 4.78 is 48.5. The van der Waals surface area contributed by atoms with E-state index in [1.54, 1.807) is 0 Å². The van der Waals surface area contributed by atoms with Crippen LogP contribution in [0.3, 0.4) is 0 Å². The molecule has 2 rings (SSSR count). The van der Waals surface area contributed by atoms with Crippen molar-refractivity contribution in [2.45, 2.75) is 12.8 Å². The highest BCUT2D eigenvalue weighted by Crippen LogP contribution is 2.21. The first kappa shape index (κ1) is 16.3. The zero-order valence-electron chi connectivity index (χ0n) is 11.4. The van der Waals surface area contributed by atoms with E-state index in [9.17, 15) is 26.8 Å². The number of carbonyl (C=O) groups is 2. The number of halogens is 2. The molecule has 120 valence electrons. The van der Waals surface area contributed by atoms with Gasteiger partial charge in [0.05, 0.1) is 11.5 Å². The number of nitrogens with one attached hydrogen (secondary N) is 2. The maximum Gasteiger partial charge on any atom is 0.269 e. The summed E-state index contributed by atoms with van der Waals surface area (Å²) in [7, 11) is -3.08. The van der Waals surface area contributed by atoms with Gasteiger partial charge in [-0.1, -0.05) is 0 Å². The van der Waals surface area contributed by atoms with Gasteiger partial charge in [-0.05, 0) is 24.5 Å². The highest BCUT2D eigenvalue weighted by atomic mass is 32.2. The van der Waals surface area contributed by atoms with Crippen molar-refractivity contribution < 1.29 is 26.8 Å². The summed E-state index contributed by atoms with van der Waals surface area (Å²) in [6.45, 7) is 0. The van der Waals surface area contributed by atoms with Gasteiger partial charge in [-0.3, -0.25) is 20.4 Å². The maximum absolute atomic E-state index is 13.0. The lowest BCUT2D eigenvalue weighted by atomic mass is 10.1. The van der Waals surface area contributed by atoms with E-state index in [1.165, 1.54) is 0 Å². The molecule has 1 aromatic carbocycles. The highest BCUT2D eigenvalue weighted by Gasteiger charge is 2.29. The molecule has 0 saturated carbocycles. The average molecular weight is 332 g/mol. The molecule has 1 fully saturated rings. The van der Waals surface area contributed by atoms with Crippen molar-refractivity contribution >= 4 is 21.7 Å². The van der Waals surface area contributed by atoms with Crippen molar-refractivity contribution in [3.05, 3.63) is 35.4 Å². The molecule has 1 atom stereocenters. The molecule has 9 heteroatoms. The van der Waals surface area contributed by atoms with E-state index in [1.807, 2.05) is 5.43 Å². The largest absolute Gasteiger partial charge is 0.273 e. The Morgan fingerprint density at radius 3 is 2.32 bits per heavy atom. The lowest BCUT2D eigenvalue weighted by molar-refractivity contribution is -0.122. The molecule has 0 aliphatic carbocycles. The Hall–Kier alpha value is -2.03. The Balaban J connectivity index is 1.84. The van der Waals surface area contributed by atoms with Crippen molar-refractivity contribution in [3.8, 4) is 0 Å². The Morgan fingerprint density at radius 2 is 1.77 bits per heavy atom. The van der Waals surface area contributed by atoms with Gasteiger partial charge in [0.1, 0.15) is 11.6 Å². The molecule has 22 heavy (non-hydrogen) atoms. The minimum absolute atomic E-state index is 0.0446. The fourth-order valence-corrected chi connectivity index (χ4v) is 4.09. The normalized spacial score (nSPS) is 19.6. The van der Waals surface area contributed by atoms with E-state index in [-0.39, 0.29) is 29.4 Å². The predicted octanol–water partition coefficient (Wildman–Crippen LogP) is 0.551. The fourth-order valence-electron chi connectivity index (χ4n) is 2.23. The van der Waals surface area contributed by atoms with Gasteiger partial charge < -0.3 is 0 Å². The van der Waals surface area contributed by atoms with Crippen LogP contribution in [0, 0.1) is 17.6 Å². The van der Waals surface area contributed by atoms with Crippen molar-refractivity contribution in [1.82, 2.24) is 10.9 Å². The number of amides is 2. The van der Waals surface area contributed by atoms with Crippen molar-refractivity contribution in [1.29, 1.82) is 0 Å². The molecule has 0 spiro atoms.